The van der Waals surface area contributed by atoms with Gasteiger partial charge in [-0.1, -0.05) is 65.5 Å². The van der Waals surface area contributed by atoms with Crippen LogP contribution in [0, 0.1) is 13.8 Å². The van der Waals surface area contributed by atoms with Gasteiger partial charge in [0.25, 0.3) is 0 Å². The monoisotopic (exact) mass is 434 g/mol. The van der Waals surface area contributed by atoms with E-state index in [-0.39, 0.29) is 24.8 Å². The second-order valence-corrected chi connectivity index (χ2v) is 8.09. The molecule has 156 valence electrons. The number of rotatable bonds is 8. The summed E-state index contributed by atoms with van der Waals surface area (Å²) in [6.07, 6.45) is 0.735. The highest BCUT2D eigenvalue weighted by Gasteiger charge is 2.29. The molecule has 0 heterocycles. The summed E-state index contributed by atoms with van der Waals surface area (Å²) < 4.78 is 0. The Kier molecular flexibility index (Phi) is 8.54. The molecule has 4 nitrogen and oxygen atoms in total. The summed E-state index contributed by atoms with van der Waals surface area (Å²) in [5, 5.41) is 3.85. The van der Waals surface area contributed by atoms with E-state index in [0.29, 0.717) is 23.0 Å². The van der Waals surface area contributed by atoms with Gasteiger partial charge in [0.15, 0.2) is 0 Å². The zero-order valence-electron chi connectivity index (χ0n) is 17.4. The normalized spacial score (nSPS) is 11.8. The summed E-state index contributed by atoms with van der Waals surface area (Å²) in [6, 6.07) is 10.7. The number of aryl methyl sites for hydroxylation is 2. The maximum Gasteiger partial charge on any atom is 0.242 e. The lowest BCUT2D eigenvalue weighted by atomic mass is 10.0. The standard InChI is InChI=1S/C23H28Cl2N2O2/c1-5-21(23(29)26-6-2)27(14-18-7-8-19(24)13-20(18)25)22(28)12-17-10-15(3)9-16(4)11-17/h7-11,13,21H,5-6,12,14H2,1-4H3,(H,26,29)/t21-/m1/s1. The number of carbonyl (C=O) groups is 2. The minimum atomic E-state index is -0.569. The quantitative estimate of drug-likeness (QED) is 0.628. The van der Waals surface area contributed by atoms with Gasteiger partial charge in [-0.25, -0.2) is 0 Å². The molecule has 2 aromatic rings. The molecule has 2 rings (SSSR count). The number of likely N-dealkylation sites (N-methyl/N-ethyl adjacent to an activating group) is 1. The first-order valence-corrected chi connectivity index (χ1v) is 10.6. The third kappa shape index (κ3) is 6.48. The van der Waals surface area contributed by atoms with Crippen LogP contribution in [-0.4, -0.2) is 29.3 Å². The Morgan fingerprint density at radius 3 is 2.24 bits per heavy atom. The molecule has 6 heteroatoms. The van der Waals surface area contributed by atoms with Crippen molar-refractivity contribution in [2.45, 2.75) is 53.1 Å². The molecule has 0 aliphatic rings. The van der Waals surface area contributed by atoms with Crippen molar-refractivity contribution < 1.29 is 9.59 Å². The van der Waals surface area contributed by atoms with E-state index >= 15 is 0 Å². The van der Waals surface area contributed by atoms with Crippen molar-refractivity contribution in [3.8, 4) is 0 Å². The van der Waals surface area contributed by atoms with Crippen LogP contribution in [0.2, 0.25) is 10.0 Å². The lowest BCUT2D eigenvalue weighted by Gasteiger charge is -2.31. The van der Waals surface area contributed by atoms with Crippen molar-refractivity contribution in [2.24, 2.45) is 0 Å². The van der Waals surface area contributed by atoms with Crippen molar-refractivity contribution in [3.63, 3.8) is 0 Å². The van der Waals surface area contributed by atoms with Gasteiger partial charge < -0.3 is 10.2 Å². The van der Waals surface area contributed by atoms with Gasteiger partial charge in [-0.05, 0) is 50.5 Å². The van der Waals surface area contributed by atoms with Crippen LogP contribution in [0.5, 0.6) is 0 Å². The molecule has 0 spiro atoms. The summed E-state index contributed by atoms with van der Waals surface area (Å²) in [5.41, 5.74) is 3.91. The van der Waals surface area contributed by atoms with E-state index in [2.05, 4.69) is 11.4 Å². The van der Waals surface area contributed by atoms with Gasteiger partial charge in [0.2, 0.25) is 11.8 Å². The molecular formula is C23H28Cl2N2O2. The number of nitrogens with zero attached hydrogens (tertiary/aromatic N) is 1. The van der Waals surface area contributed by atoms with Crippen LogP contribution in [0.15, 0.2) is 36.4 Å². The highest BCUT2D eigenvalue weighted by molar-refractivity contribution is 6.35. The molecule has 0 aliphatic carbocycles. The van der Waals surface area contributed by atoms with Gasteiger partial charge in [0, 0.05) is 23.1 Å². The van der Waals surface area contributed by atoms with Gasteiger partial charge in [-0.3, -0.25) is 9.59 Å². The molecule has 0 fully saturated rings. The zero-order valence-corrected chi connectivity index (χ0v) is 18.9. The van der Waals surface area contributed by atoms with Crippen molar-refractivity contribution in [3.05, 3.63) is 68.7 Å². The summed E-state index contributed by atoms with van der Waals surface area (Å²) >= 11 is 12.4. The lowest BCUT2D eigenvalue weighted by molar-refractivity contribution is -0.140. The summed E-state index contributed by atoms with van der Waals surface area (Å²) in [5.74, 6) is -0.270. The molecule has 0 aromatic heterocycles. The second-order valence-electron chi connectivity index (χ2n) is 7.25. The van der Waals surface area contributed by atoms with Crippen LogP contribution in [0.25, 0.3) is 0 Å². The maximum absolute atomic E-state index is 13.3. The summed E-state index contributed by atoms with van der Waals surface area (Å²) in [7, 11) is 0. The Morgan fingerprint density at radius 1 is 1.03 bits per heavy atom. The highest BCUT2D eigenvalue weighted by atomic mass is 35.5. The van der Waals surface area contributed by atoms with Gasteiger partial charge >= 0.3 is 0 Å². The van der Waals surface area contributed by atoms with Crippen LogP contribution in [0.3, 0.4) is 0 Å². The molecule has 1 atom stereocenters. The number of carbonyl (C=O) groups excluding carboxylic acids is 2. The first kappa shape index (κ1) is 23.2. The number of nitrogens with one attached hydrogen (secondary N) is 1. The third-order valence-electron chi connectivity index (χ3n) is 4.73. The van der Waals surface area contributed by atoms with Crippen LogP contribution >= 0.6 is 23.2 Å². The molecule has 0 saturated carbocycles. The average molecular weight is 435 g/mol. The van der Waals surface area contributed by atoms with E-state index in [1.807, 2.05) is 39.8 Å². The fraction of sp³-hybridized carbons (Fsp3) is 0.391. The fourth-order valence-corrected chi connectivity index (χ4v) is 3.96. The topological polar surface area (TPSA) is 49.4 Å². The second kappa shape index (κ2) is 10.7. The van der Waals surface area contributed by atoms with E-state index in [1.165, 1.54) is 0 Å². The van der Waals surface area contributed by atoms with Crippen LogP contribution in [-0.2, 0) is 22.6 Å². The molecule has 0 aliphatic heterocycles. The van der Waals surface area contributed by atoms with Crippen molar-refractivity contribution in [1.29, 1.82) is 0 Å². The zero-order chi connectivity index (χ0) is 21.6. The van der Waals surface area contributed by atoms with Crippen LogP contribution in [0.4, 0.5) is 0 Å². The largest absolute Gasteiger partial charge is 0.355 e. The maximum atomic E-state index is 13.3. The summed E-state index contributed by atoms with van der Waals surface area (Å²) in [6.45, 7) is 8.54. The molecule has 2 aromatic carbocycles. The van der Waals surface area contributed by atoms with Crippen molar-refractivity contribution in [2.75, 3.05) is 6.54 Å². The SMILES string of the molecule is CCNC(=O)[C@@H](CC)N(Cc1ccc(Cl)cc1Cl)C(=O)Cc1cc(C)cc(C)c1. The molecule has 2 amide bonds. The highest BCUT2D eigenvalue weighted by Crippen LogP contribution is 2.24. The van der Waals surface area contributed by atoms with Gasteiger partial charge in [-0.15, -0.1) is 0 Å². The van der Waals surface area contributed by atoms with Crippen LogP contribution < -0.4 is 5.32 Å². The van der Waals surface area contributed by atoms with E-state index in [1.54, 1.807) is 23.1 Å². The van der Waals surface area contributed by atoms with Crippen LogP contribution in [0.1, 0.15) is 42.5 Å². The van der Waals surface area contributed by atoms with Crippen molar-refractivity contribution in [1.82, 2.24) is 10.2 Å². The third-order valence-corrected chi connectivity index (χ3v) is 5.32. The molecule has 1 N–H and O–H groups in total. The first-order chi connectivity index (χ1) is 13.7. The predicted molar refractivity (Wildman–Crippen MR) is 119 cm³/mol. The predicted octanol–water partition coefficient (Wildman–Crippen LogP) is 5.10. The number of hydrogen-bond donors (Lipinski definition) is 1. The Morgan fingerprint density at radius 2 is 1.69 bits per heavy atom. The van der Waals surface area contributed by atoms with E-state index in [4.69, 9.17) is 23.2 Å². The average Bonchev–Trinajstić information content (AvgIpc) is 2.62. The Balaban J connectivity index is 2.36. The Bertz CT molecular complexity index is 863. The fourth-order valence-electron chi connectivity index (χ4n) is 3.49. The van der Waals surface area contributed by atoms with Gasteiger partial charge in [0.1, 0.15) is 6.04 Å². The molecule has 29 heavy (non-hydrogen) atoms. The molecule has 0 unspecified atom stereocenters. The Labute approximate surface area is 183 Å². The summed E-state index contributed by atoms with van der Waals surface area (Å²) in [4.78, 5) is 27.6. The van der Waals surface area contributed by atoms with Gasteiger partial charge in [-0.2, -0.15) is 0 Å². The lowest BCUT2D eigenvalue weighted by Crippen LogP contribution is -2.49. The van der Waals surface area contributed by atoms with E-state index < -0.39 is 6.04 Å². The van der Waals surface area contributed by atoms with Crippen molar-refractivity contribution >= 4 is 35.0 Å². The Hall–Kier alpha value is -2.04. The van der Waals surface area contributed by atoms with Gasteiger partial charge in [0.05, 0.1) is 6.42 Å². The molecule has 0 saturated heterocycles. The first-order valence-electron chi connectivity index (χ1n) is 9.83. The number of benzene rings is 2. The number of halogens is 2. The number of amides is 2. The minimum absolute atomic E-state index is 0.112. The molecule has 0 radical (unpaired) electrons. The van der Waals surface area contributed by atoms with E-state index in [0.717, 1.165) is 22.3 Å². The number of hydrogen-bond acceptors (Lipinski definition) is 2. The minimum Gasteiger partial charge on any atom is -0.355 e. The van der Waals surface area contributed by atoms with E-state index in [9.17, 15) is 9.59 Å². The smallest absolute Gasteiger partial charge is 0.242 e. The molecule has 0 bridgehead atoms. The molecular weight excluding hydrogens is 407 g/mol.